The summed E-state index contributed by atoms with van der Waals surface area (Å²) in [5.74, 6) is 0.867. The molecule has 2 rings (SSSR count). The van der Waals surface area contributed by atoms with Crippen molar-refractivity contribution >= 4 is 5.69 Å². The lowest BCUT2D eigenvalue weighted by atomic mass is 10.2. The average molecular weight is 222 g/mol. The molecule has 1 fully saturated rings. The third kappa shape index (κ3) is 2.87. The fraction of sp³-hybridized carbons (Fsp3) is 0.500. The predicted molar refractivity (Wildman–Crippen MR) is 64.1 cm³/mol. The molecule has 1 atom stereocenters. The molecule has 1 unspecified atom stereocenters. The van der Waals surface area contributed by atoms with Gasteiger partial charge in [0.25, 0.3) is 0 Å². The normalized spacial score (nSPS) is 20.4. The van der Waals surface area contributed by atoms with Crippen molar-refractivity contribution in [1.29, 1.82) is 0 Å². The zero-order valence-electron chi connectivity index (χ0n) is 9.53. The summed E-state index contributed by atoms with van der Waals surface area (Å²) in [5, 5.41) is 6.65. The van der Waals surface area contributed by atoms with Gasteiger partial charge < -0.3 is 20.1 Å². The van der Waals surface area contributed by atoms with Crippen molar-refractivity contribution in [2.24, 2.45) is 0 Å². The molecule has 0 aliphatic carbocycles. The van der Waals surface area contributed by atoms with Crippen LogP contribution in [0.2, 0.25) is 0 Å². The van der Waals surface area contributed by atoms with E-state index in [1.165, 1.54) is 0 Å². The summed E-state index contributed by atoms with van der Waals surface area (Å²) < 4.78 is 10.9. The molecule has 0 aromatic heterocycles. The molecule has 1 saturated heterocycles. The molecule has 1 aliphatic rings. The van der Waals surface area contributed by atoms with Crippen LogP contribution in [0, 0.1) is 0 Å². The van der Waals surface area contributed by atoms with Gasteiger partial charge in [-0.15, -0.1) is 0 Å². The largest absolute Gasteiger partial charge is 0.495 e. The summed E-state index contributed by atoms with van der Waals surface area (Å²) in [7, 11) is 1.68. The number of hydrogen-bond donors (Lipinski definition) is 2. The monoisotopic (exact) mass is 222 g/mol. The quantitative estimate of drug-likeness (QED) is 0.800. The van der Waals surface area contributed by atoms with Crippen molar-refractivity contribution < 1.29 is 9.47 Å². The number of hydrogen-bond acceptors (Lipinski definition) is 4. The highest BCUT2D eigenvalue weighted by Crippen LogP contribution is 2.22. The summed E-state index contributed by atoms with van der Waals surface area (Å²) in [5.41, 5.74) is 1.01. The number of ether oxygens (including phenoxy) is 2. The van der Waals surface area contributed by atoms with Gasteiger partial charge in [0, 0.05) is 19.6 Å². The first-order valence-corrected chi connectivity index (χ1v) is 5.59. The van der Waals surface area contributed by atoms with E-state index < -0.39 is 0 Å². The Labute approximate surface area is 95.9 Å². The lowest BCUT2D eigenvalue weighted by Crippen LogP contribution is -2.42. The van der Waals surface area contributed by atoms with Crippen LogP contribution in [0.15, 0.2) is 24.3 Å². The molecule has 2 N–H and O–H groups in total. The van der Waals surface area contributed by atoms with Gasteiger partial charge in [0.1, 0.15) is 5.75 Å². The van der Waals surface area contributed by atoms with Crippen LogP contribution in [0.1, 0.15) is 0 Å². The second kappa shape index (κ2) is 5.72. The molecule has 16 heavy (non-hydrogen) atoms. The second-order valence-corrected chi connectivity index (χ2v) is 3.78. The number of nitrogens with one attached hydrogen (secondary N) is 2. The van der Waals surface area contributed by atoms with E-state index >= 15 is 0 Å². The Morgan fingerprint density at radius 3 is 3.12 bits per heavy atom. The Hall–Kier alpha value is -1.26. The Bertz CT molecular complexity index is 325. The van der Waals surface area contributed by atoms with E-state index in [0.717, 1.165) is 37.7 Å². The Morgan fingerprint density at radius 2 is 2.38 bits per heavy atom. The number of anilines is 1. The van der Waals surface area contributed by atoms with Gasteiger partial charge in [-0.05, 0) is 12.1 Å². The van der Waals surface area contributed by atoms with Gasteiger partial charge in [0.05, 0.1) is 25.5 Å². The highest BCUT2D eigenvalue weighted by molar-refractivity contribution is 5.56. The maximum atomic E-state index is 5.61. The van der Waals surface area contributed by atoms with Crippen LogP contribution in [0.5, 0.6) is 5.75 Å². The molecular weight excluding hydrogens is 204 g/mol. The summed E-state index contributed by atoms with van der Waals surface area (Å²) in [6.45, 7) is 3.44. The zero-order valence-corrected chi connectivity index (χ0v) is 9.53. The lowest BCUT2D eigenvalue weighted by Gasteiger charge is -2.24. The molecule has 4 nitrogen and oxygen atoms in total. The fourth-order valence-electron chi connectivity index (χ4n) is 1.77. The highest BCUT2D eigenvalue weighted by atomic mass is 16.5. The van der Waals surface area contributed by atoms with E-state index in [-0.39, 0.29) is 6.10 Å². The van der Waals surface area contributed by atoms with E-state index in [9.17, 15) is 0 Å². The summed E-state index contributed by atoms with van der Waals surface area (Å²) >= 11 is 0. The topological polar surface area (TPSA) is 42.5 Å². The first-order chi connectivity index (χ1) is 7.90. The van der Waals surface area contributed by atoms with Crippen molar-refractivity contribution in [2.75, 3.05) is 38.7 Å². The molecular formula is C12H18N2O2. The minimum atomic E-state index is 0.235. The summed E-state index contributed by atoms with van der Waals surface area (Å²) in [6, 6.07) is 7.91. The van der Waals surface area contributed by atoms with Crippen LogP contribution in [0.3, 0.4) is 0 Å². The van der Waals surface area contributed by atoms with Crippen molar-refractivity contribution in [2.45, 2.75) is 6.10 Å². The van der Waals surface area contributed by atoms with Crippen LogP contribution >= 0.6 is 0 Å². The van der Waals surface area contributed by atoms with Gasteiger partial charge in [0.15, 0.2) is 0 Å². The maximum absolute atomic E-state index is 5.61. The lowest BCUT2D eigenvalue weighted by molar-refractivity contribution is 0.0372. The van der Waals surface area contributed by atoms with E-state index in [2.05, 4.69) is 10.6 Å². The average Bonchev–Trinajstić information content (AvgIpc) is 2.38. The van der Waals surface area contributed by atoms with Crippen LogP contribution in [-0.2, 0) is 4.74 Å². The van der Waals surface area contributed by atoms with Crippen molar-refractivity contribution in [3.05, 3.63) is 24.3 Å². The van der Waals surface area contributed by atoms with Crippen LogP contribution in [0.25, 0.3) is 0 Å². The standard InChI is InChI=1S/C12H18N2O2/c1-15-12-5-3-2-4-11(12)14-9-10-8-13-6-7-16-10/h2-5,10,13-14H,6-9H2,1H3. The third-order valence-corrected chi connectivity index (χ3v) is 2.63. The van der Waals surface area contributed by atoms with Crippen LogP contribution in [0.4, 0.5) is 5.69 Å². The molecule has 0 bridgehead atoms. The number of morpholine rings is 1. The van der Waals surface area contributed by atoms with Crippen LogP contribution in [-0.4, -0.2) is 39.5 Å². The van der Waals surface area contributed by atoms with E-state index in [1.54, 1.807) is 7.11 Å². The number of rotatable bonds is 4. The minimum absolute atomic E-state index is 0.235. The number of benzene rings is 1. The molecule has 1 aliphatic heterocycles. The molecule has 1 aromatic carbocycles. The fourth-order valence-corrected chi connectivity index (χ4v) is 1.77. The third-order valence-electron chi connectivity index (χ3n) is 2.63. The van der Waals surface area contributed by atoms with Crippen molar-refractivity contribution in [1.82, 2.24) is 5.32 Å². The SMILES string of the molecule is COc1ccccc1NCC1CNCCO1. The van der Waals surface area contributed by atoms with Gasteiger partial charge in [-0.1, -0.05) is 12.1 Å². The summed E-state index contributed by atoms with van der Waals surface area (Å²) in [6.07, 6.45) is 0.235. The van der Waals surface area contributed by atoms with Gasteiger partial charge in [-0.25, -0.2) is 0 Å². The molecule has 1 heterocycles. The molecule has 0 radical (unpaired) electrons. The predicted octanol–water partition coefficient (Wildman–Crippen LogP) is 1.10. The molecule has 0 saturated carbocycles. The smallest absolute Gasteiger partial charge is 0.141 e. The Morgan fingerprint density at radius 1 is 1.50 bits per heavy atom. The number of para-hydroxylation sites is 2. The molecule has 88 valence electrons. The van der Waals surface area contributed by atoms with E-state index in [0.29, 0.717) is 0 Å². The first kappa shape index (κ1) is 11.2. The van der Waals surface area contributed by atoms with E-state index in [1.807, 2.05) is 24.3 Å². The van der Waals surface area contributed by atoms with Gasteiger partial charge in [0.2, 0.25) is 0 Å². The molecule has 4 heteroatoms. The maximum Gasteiger partial charge on any atom is 0.141 e. The van der Waals surface area contributed by atoms with Crippen LogP contribution < -0.4 is 15.4 Å². The molecule has 0 spiro atoms. The van der Waals surface area contributed by atoms with Crippen molar-refractivity contribution in [3.8, 4) is 5.75 Å². The van der Waals surface area contributed by atoms with Crippen molar-refractivity contribution in [3.63, 3.8) is 0 Å². The van der Waals surface area contributed by atoms with Gasteiger partial charge in [-0.3, -0.25) is 0 Å². The van der Waals surface area contributed by atoms with Gasteiger partial charge >= 0.3 is 0 Å². The minimum Gasteiger partial charge on any atom is -0.495 e. The molecule has 0 amide bonds. The second-order valence-electron chi connectivity index (χ2n) is 3.78. The zero-order chi connectivity index (χ0) is 11.2. The Kier molecular flexibility index (Phi) is 4.02. The van der Waals surface area contributed by atoms with Gasteiger partial charge in [-0.2, -0.15) is 0 Å². The number of methoxy groups -OCH3 is 1. The summed E-state index contributed by atoms with van der Waals surface area (Å²) in [4.78, 5) is 0. The van der Waals surface area contributed by atoms with E-state index in [4.69, 9.17) is 9.47 Å². The highest BCUT2D eigenvalue weighted by Gasteiger charge is 2.13. The first-order valence-electron chi connectivity index (χ1n) is 5.59. The molecule has 1 aromatic rings. The Balaban J connectivity index is 1.88.